The summed E-state index contributed by atoms with van der Waals surface area (Å²) in [5.41, 5.74) is 1.02. The van der Waals surface area contributed by atoms with E-state index in [1.807, 2.05) is 0 Å². The average Bonchev–Trinajstić information content (AvgIpc) is 3.27. The Morgan fingerprint density at radius 1 is 1.00 bits per heavy atom. The summed E-state index contributed by atoms with van der Waals surface area (Å²) in [7, 11) is 0. The van der Waals surface area contributed by atoms with E-state index in [1.54, 1.807) is 36.0 Å². The van der Waals surface area contributed by atoms with E-state index in [0.29, 0.717) is 28.8 Å². The van der Waals surface area contributed by atoms with Gasteiger partial charge in [0.05, 0.1) is 11.1 Å². The predicted molar refractivity (Wildman–Crippen MR) is 102 cm³/mol. The van der Waals surface area contributed by atoms with Crippen molar-refractivity contribution in [2.75, 3.05) is 12.3 Å². The molecule has 4 rings (SSSR count). The van der Waals surface area contributed by atoms with Crippen LogP contribution in [0.4, 0.5) is 0 Å². The Balaban J connectivity index is 1.21. The number of fused-ring (bicyclic) bond motifs is 1. The first-order chi connectivity index (χ1) is 13.2. The molecular weight excluding hydrogens is 362 g/mol. The van der Waals surface area contributed by atoms with Crippen molar-refractivity contribution in [1.82, 2.24) is 15.1 Å². The van der Waals surface area contributed by atoms with Crippen molar-refractivity contribution in [3.05, 3.63) is 41.3 Å². The average molecular weight is 385 g/mol. The van der Waals surface area contributed by atoms with Gasteiger partial charge in [-0.3, -0.25) is 14.5 Å². The minimum absolute atomic E-state index is 0.183. The standard InChI is InChI=1S/C20H23N3O3S/c24-18-15-10-4-5-11-16(15)19(25)23(18)12-6-7-13-27-20-22-21-17(26-20)14-8-2-1-3-9-14/h4-5,10-11,14H,1-3,6-9,12-13H2. The molecule has 0 unspecified atom stereocenters. The summed E-state index contributed by atoms with van der Waals surface area (Å²) in [5.74, 6) is 1.67. The fraction of sp³-hybridized carbons (Fsp3) is 0.500. The fourth-order valence-corrected chi connectivity index (χ4v) is 4.53. The maximum absolute atomic E-state index is 12.3. The van der Waals surface area contributed by atoms with Gasteiger partial charge in [-0.1, -0.05) is 43.2 Å². The summed E-state index contributed by atoms with van der Waals surface area (Å²) >= 11 is 1.55. The van der Waals surface area contributed by atoms with Gasteiger partial charge in [-0.25, -0.2) is 0 Å². The summed E-state index contributed by atoms with van der Waals surface area (Å²) in [4.78, 5) is 26.0. The molecule has 1 aliphatic heterocycles. The first-order valence-corrected chi connectivity index (χ1v) is 10.6. The van der Waals surface area contributed by atoms with E-state index in [-0.39, 0.29) is 11.8 Å². The first kappa shape index (κ1) is 18.2. The van der Waals surface area contributed by atoms with Crippen LogP contribution in [0.1, 0.15) is 77.5 Å². The van der Waals surface area contributed by atoms with Gasteiger partial charge in [0, 0.05) is 18.2 Å². The number of amides is 2. The van der Waals surface area contributed by atoms with Crippen LogP contribution in [-0.4, -0.2) is 39.2 Å². The van der Waals surface area contributed by atoms with Crippen LogP contribution in [0.5, 0.6) is 0 Å². The molecule has 27 heavy (non-hydrogen) atoms. The zero-order chi connectivity index (χ0) is 18.6. The van der Waals surface area contributed by atoms with Gasteiger partial charge in [0.25, 0.3) is 17.0 Å². The molecule has 2 aliphatic rings. The minimum Gasteiger partial charge on any atom is -0.416 e. The third-order valence-electron chi connectivity index (χ3n) is 5.26. The number of imide groups is 1. The van der Waals surface area contributed by atoms with E-state index in [4.69, 9.17) is 4.42 Å². The van der Waals surface area contributed by atoms with Crippen molar-refractivity contribution in [2.24, 2.45) is 0 Å². The van der Waals surface area contributed by atoms with E-state index in [0.717, 1.165) is 37.3 Å². The number of carbonyl (C=O) groups is 2. The zero-order valence-electron chi connectivity index (χ0n) is 15.2. The second kappa shape index (κ2) is 8.25. The summed E-state index contributed by atoms with van der Waals surface area (Å²) in [6.07, 6.45) is 7.72. The fourth-order valence-electron chi connectivity index (χ4n) is 3.77. The van der Waals surface area contributed by atoms with Gasteiger partial charge in [-0.05, 0) is 37.8 Å². The molecule has 2 aromatic rings. The van der Waals surface area contributed by atoms with Crippen molar-refractivity contribution >= 4 is 23.6 Å². The first-order valence-electron chi connectivity index (χ1n) is 9.65. The lowest BCUT2D eigenvalue weighted by atomic mass is 9.89. The molecule has 2 amide bonds. The lowest BCUT2D eigenvalue weighted by molar-refractivity contribution is 0.0652. The molecule has 0 saturated heterocycles. The Kier molecular flexibility index (Phi) is 5.57. The molecule has 6 nitrogen and oxygen atoms in total. The Labute approximate surface area is 162 Å². The molecule has 0 radical (unpaired) electrons. The number of aromatic nitrogens is 2. The number of thioether (sulfide) groups is 1. The van der Waals surface area contributed by atoms with Crippen molar-refractivity contribution in [3.8, 4) is 0 Å². The number of benzene rings is 1. The Morgan fingerprint density at radius 2 is 1.70 bits per heavy atom. The van der Waals surface area contributed by atoms with E-state index >= 15 is 0 Å². The molecule has 1 aromatic heterocycles. The number of unbranched alkanes of at least 4 members (excludes halogenated alkanes) is 1. The number of nitrogens with zero attached hydrogens (tertiary/aromatic N) is 3. The molecule has 0 N–H and O–H groups in total. The highest BCUT2D eigenvalue weighted by molar-refractivity contribution is 7.99. The van der Waals surface area contributed by atoms with Gasteiger partial charge in [-0.15, -0.1) is 10.2 Å². The largest absolute Gasteiger partial charge is 0.416 e. The second-order valence-electron chi connectivity index (χ2n) is 7.10. The molecule has 142 valence electrons. The van der Waals surface area contributed by atoms with E-state index in [9.17, 15) is 9.59 Å². The second-order valence-corrected chi connectivity index (χ2v) is 8.15. The molecule has 7 heteroatoms. The van der Waals surface area contributed by atoms with Crippen LogP contribution in [0, 0.1) is 0 Å². The van der Waals surface area contributed by atoms with Crippen LogP contribution < -0.4 is 0 Å². The number of hydrogen-bond acceptors (Lipinski definition) is 6. The third-order valence-corrected chi connectivity index (χ3v) is 6.16. The van der Waals surface area contributed by atoms with E-state index < -0.39 is 0 Å². The monoisotopic (exact) mass is 385 g/mol. The number of carbonyl (C=O) groups excluding carboxylic acids is 2. The Morgan fingerprint density at radius 3 is 2.41 bits per heavy atom. The smallest absolute Gasteiger partial charge is 0.276 e. The van der Waals surface area contributed by atoms with E-state index in [2.05, 4.69) is 10.2 Å². The lowest BCUT2D eigenvalue weighted by Gasteiger charge is -2.17. The maximum atomic E-state index is 12.3. The number of rotatable bonds is 7. The quantitative estimate of drug-likeness (QED) is 0.402. The van der Waals surface area contributed by atoms with Crippen LogP contribution in [0.15, 0.2) is 33.9 Å². The summed E-state index contributed by atoms with van der Waals surface area (Å²) in [6, 6.07) is 7.00. The molecule has 1 aliphatic carbocycles. The van der Waals surface area contributed by atoms with Crippen LogP contribution in [0.3, 0.4) is 0 Å². The highest BCUT2D eigenvalue weighted by Gasteiger charge is 2.34. The van der Waals surface area contributed by atoms with Crippen molar-refractivity contribution in [2.45, 2.75) is 56.1 Å². The summed E-state index contributed by atoms with van der Waals surface area (Å²) in [6.45, 7) is 0.448. The maximum Gasteiger partial charge on any atom is 0.276 e. The molecule has 0 spiro atoms. The topological polar surface area (TPSA) is 76.3 Å². The molecule has 1 fully saturated rings. The summed E-state index contributed by atoms with van der Waals surface area (Å²) in [5, 5.41) is 8.98. The Bertz CT molecular complexity index is 794. The molecule has 2 heterocycles. The third kappa shape index (κ3) is 3.93. The van der Waals surface area contributed by atoms with E-state index in [1.165, 1.54) is 24.2 Å². The molecule has 0 bridgehead atoms. The predicted octanol–water partition coefficient (Wildman–Crippen LogP) is 4.29. The van der Waals surface area contributed by atoms with Crippen LogP contribution in [0.2, 0.25) is 0 Å². The molecule has 1 saturated carbocycles. The highest BCUT2D eigenvalue weighted by atomic mass is 32.2. The van der Waals surface area contributed by atoms with Crippen molar-refractivity contribution in [1.29, 1.82) is 0 Å². The van der Waals surface area contributed by atoms with Gasteiger partial charge in [-0.2, -0.15) is 0 Å². The van der Waals surface area contributed by atoms with Gasteiger partial charge >= 0.3 is 0 Å². The molecular formula is C20H23N3O3S. The lowest BCUT2D eigenvalue weighted by Crippen LogP contribution is -2.30. The van der Waals surface area contributed by atoms with Gasteiger partial charge in [0.15, 0.2) is 0 Å². The van der Waals surface area contributed by atoms with Crippen LogP contribution in [0.25, 0.3) is 0 Å². The normalized spacial score (nSPS) is 17.6. The highest BCUT2D eigenvalue weighted by Crippen LogP contribution is 2.33. The van der Waals surface area contributed by atoms with Crippen LogP contribution >= 0.6 is 11.8 Å². The van der Waals surface area contributed by atoms with Crippen molar-refractivity contribution < 1.29 is 14.0 Å². The van der Waals surface area contributed by atoms with Gasteiger partial charge in [0.1, 0.15) is 0 Å². The van der Waals surface area contributed by atoms with Gasteiger partial charge in [0.2, 0.25) is 5.89 Å². The van der Waals surface area contributed by atoms with Crippen LogP contribution in [-0.2, 0) is 0 Å². The Hall–Kier alpha value is -2.15. The SMILES string of the molecule is O=C1c2ccccc2C(=O)N1CCCCSc1nnc(C2CCCCC2)o1. The number of hydrogen-bond donors (Lipinski definition) is 0. The van der Waals surface area contributed by atoms with Crippen molar-refractivity contribution in [3.63, 3.8) is 0 Å². The molecule has 0 atom stereocenters. The summed E-state index contributed by atoms with van der Waals surface area (Å²) < 4.78 is 5.80. The minimum atomic E-state index is -0.183. The van der Waals surface area contributed by atoms with Gasteiger partial charge < -0.3 is 4.42 Å². The zero-order valence-corrected chi connectivity index (χ0v) is 16.0. The molecule has 1 aromatic carbocycles.